The van der Waals surface area contributed by atoms with Crippen LogP contribution in [0.3, 0.4) is 0 Å². The molecule has 3 nitrogen and oxygen atoms in total. The van der Waals surface area contributed by atoms with Crippen molar-refractivity contribution in [2.24, 2.45) is 0 Å². The lowest BCUT2D eigenvalue weighted by molar-refractivity contribution is -0.111. The molecule has 0 aliphatic carbocycles. The zero-order valence-corrected chi connectivity index (χ0v) is 13.9. The third-order valence-electron chi connectivity index (χ3n) is 4.12. The van der Waals surface area contributed by atoms with Gasteiger partial charge in [-0.1, -0.05) is 37.6 Å². The second kappa shape index (κ2) is 5.58. The highest BCUT2D eigenvalue weighted by atomic mass is 32.2. The van der Waals surface area contributed by atoms with E-state index >= 15 is 0 Å². The van der Waals surface area contributed by atoms with Crippen molar-refractivity contribution in [1.29, 1.82) is 0 Å². The molecule has 4 heteroatoms. The Morgan fingerprint density at radius 2 is 1.95 bits per heavy atom. The van der Waals surface area contributed by atoms with Gasteiger partial charge in [-0.05, 0) is 32.8 Å². The van der Waals surface area contributed by atoms with Crippen LogP contribution < -0.4 is 0 Å². The summed E-state index contributed by atoms with van der Waals surface area (Å²) >= 11 is 0. The number of hydrogen-bond donors (Lipinski definition) is 0. The first-order valence-corrected chi connectivity index (χ1v) is 8.94. The third-order valence-corrected chi connectivity index (χ3v) is 6.49. The molecule has 0 aromatic heterocycles. The largest absolute Gasteiger partial charge is 0.348 e. The predicted molar refractivity (Wildman–Crippen MR) is 84.8 cm³/mol. The van der Waals surface area contributed by atoms with Gasteiger partial charge in [-0.25, -0.2) is 8.42 Å². The van der Waals surface area contributed by atoms with E-state index in [-0.39, 0.29) is 0 Å². The van der Waals surface area contributed by atoms with Crippen LogP contribution in [0, 0.1) is 0 Å². The van der Waals surface area contributed by atoms with Crippen LogP contribution in [0.4, 0.5) is 0 Å². The van der Waals surface area contributed by atoms with Crippen molar-refractivity contribution >= 4 is 9.84 Å². The molecular formula is C17H24O3S. The molecule has 1 aromatic carbocycles. The number of fused-ring (bicyclic) bond motifs is 1. The van der Waals surface area contributed by atoms with Gasteiger partial charge in [0.05, 0.1) is 10.5 Å². The maximum atomic E-state index is 13.1. The molecule has 0 bridgehead atoms. The van der Waals surface area contributed by atoms with Gasteiger partial charge >= 0.3 is 0 Å². The maximum Gasteiger partial charge on any atom is 0.208 e. The molecule has 0 spiro atoms. The SMILES string of the molecule is C=CCC1(CCCC)OC(C)(C)c2ccccc2S1(=O)=O. The molecule has 0 fully saturated rings. The number of rotatable bonds is 5. The molecule has 1 unspecified atom stereocenters. The van der Waals surface area contributed by atoms with Gasteiger partial charge in [0.1, 0.15) is 0 Å². The first-order valence-electron chi connectivity index (χ1n) is 7.46. The van der Waals surface area contributed by atoms with E-state index in [0.29, 0.717) is 17.7 Å². The average Bonchev–Trinajstić information content (AvgIpc) is 2.43. The summed E-state index contributed by atoms with van der Waals surface area (Å²) in [5, 5.41) is 0. The lowest BCUT2D eigenvalue weighted by Crippen LogP contribution is -2.50. The molecule has 1 aliphatic heterocycles. The second-order valence-electron chi connectivity index (χ2n) is 6.12. The third kappa shape index (κ3) is 2.55. The van der Waals surface area contributed by atoms with Crippen molar-refractivity contribution in [3.63, 3.8) is 0 Å². The topological polar surface area (TPSA) is 43.4 Å². The first kappa shape index (κ1) is 16.2. The fourth-order valence-electron chi connectivity index (χ4n) is 3.08. The fourth-order valence-corrected chi connectivity index (χ4v) is 5.41. The monoisotopic (exact) mass is 308 g/mol. The van der Waals surface area contributed by atoms with E-state index in [4.69, 9.17) is 4.74 Å². The van der Waals surface area contributed by atoms with E-state index in [9.17, 15) is 8.42 Å². The van der Waals surface area contributed by atoms with E-state index in [1.54, 1.807) is 18.2 Å². The van der Waals surface area contributed by atoms with Gasteiger partial charge in [0, 0.05) is 12.0 Å². The van der Waals surface area contributed by atoms with Crippen molar-refractivity contribution in [3.05, 3.63) is 42.5 Å². The summed E-state index contributed by atoms with van der Waals surface area (Å²) in [6.45, 7) is 9.65. The Kier molecular flexibility index (Phi) is 4.31. The molecule has 1 heterocycles. The van der Waals surface area contributed by atoms with Crippen LogP contribution in [0.1, 0.15) is 52.0 Å². The molecule has 1 atom stereocenters. The number of ether oxygens (including phenoxy) is 1. The summed E-state index contributed by atoms with van der Waals surface area (Å²) in [5.41, 5.74) is 0.111. The quantitative estimate of drug-likeness (QED) is 0.766. The minimum absolute atomic E-state index is 0.313. The normalized spacial score (nSPS) is 26.0. The smallest absolute Gasteiger partial charge is 0.208 e. The van der Waals surface area contributed by atoms with Gasteiger partial charge in [-0.2, -0.15) is 0 Å². The lowest BCUT2D eigenvalue weighted by Gasteiger charge is -2.45. The van der Waals surface area contributed by atoms with Crippen molar-refractivity contribution < 1.29 is 13.2 Å². The molecule has 116 valence electrons. The van der Waals surface area contributed by atoms with E-state index in [1.807, 2.05) is 26.0 Å². The number of hydrogen-bond acceptors (Lipinski definition) is 3. The van der Waals surface area contributed by atoms with Gasteiger partial charge in [-0.3, -0.25) is 0 Å². The Morgan fingerprint density at radius 3 is 2.57 bits per heavy atom. The Bertz CT molecular complexity index is 631. The predicted octanol–water partition coefficient (Wildman–Crippen LogP) is 4.19. The van der Waals surface area contributed by atoms with E-state index in [2.05, 4.69) is 13.5 Å². The Labute approximate surface area is 127 Å². The highest BCUT2D eigenvalue weighted by molar-refractivity contribution is 7.92. The van der Waals surface area contributed by atoms with Gasteiger partial charge in [0.25, 0.3) is 0 Å². The van der Waals surface area contributed by atoms with Crippen molar-refractivity contribution in [1.82, 2.24) is 0 Å². The van der Waals surface area contributed by atoms with Gasteiger partial charge in [0.2, 0.25) is 9.84 Å². The van der Waals surface area contributed by atoms with E-state index < -0.39 is 20.4 Å². The summed E-state index contributed by atoms with van der Waals surface area (Å²) < 4.78 is 32.5. The van der Waals surface area contributed by atoms with Gasteiger partial charge in [0.15, 0.2) is 4.93 Å². The summed E-state index contributed by atoms with van der Waals surface area (Å²) in [6, 6.07) is 7.16. The Balaban J connectivity index is 2.67. The summed E-state index contributed by atoms with van der Waals surface area (Å²) in [6.07, 6.45) is 4.20. The number of benzene rings is 1. The van der Waals surface area contributed by atoms with Crippen molar-refractivity contribution in [3.8, 4) is 0 Å². The Hall–Kier alpha value is -1.13. The molecule has 1 aliphatic rings. The van der Waals surface area contributed by atoms with Crippen molar-refractivity contribution in [2.75, 3.05) is 0 Å². The van der Waals surface area contributed by atoms with Gasteiger partial charge < -0.3 is 4.74 Å². The zero-order chi connectivity index (χ0) is 15.7. The summed E-state index contributed by atoms with van der Waals surface area (Å²) in [5.74, 6) is 0. The summed E-state index contributed by atoms with van der Waals surface area (Å²) in [7, 11) is -3.54. The molecule has 1 aromatic rings. The minimum atomic E-state index is -3.54. The molecule has 0 radical (unpaired) electrons. The highest BCUT2D eigenvalue weighted by Gasteiger charge is 2.53. The van der Waals surface area contributed by atoms with Crippen LogP contribution >= 0.6 is 0 Å². The van der Waals surface area contributed by atoms with E-state index in [1.165, 1.54) is 0 Å². The highest BCUT2D eigenvalue weighted by Crippen LogP contribution is 2.48. The molecular weight excluding hydrogens is 284 g/mol. The van der Waals surface area contributed by atoms with Crippen LogP contribution in [0.2, 0.25) is 0 Å². The minimum Gasteiger partial charge on any atom is -0.348 e. The fraction of sp³-hybridized carbons (Fsp3) is 0.529. The second-order valence-corrected chi connectivity index (χ2v) is 8.31. The van der Waals surface area contributed by atoms with Gasteiger partial charge in [-0.15, -0.1) is 6.58 Å². The van der Waals surface area contributed by atoms with Crippen LogP contribution in [0.25, 0.3) is 0 Å². The zero-order valence-electron chi connectivity index (χ0n) is 13.1. The molecule has 0 saturated carbocycles. The Morgan fingerprint density at radius 1 is 1.29 bits per heavy atom. The molecule has 0 N–H and O–H groups in total. The van der Waals surface area contributed by atoms with Crippen LogP contribution in [-0.4, -0.2) is 13.4 Å². The number of sulfone groups is 1. The average molecular weight is 308 g/mol. The number of unbranched alkanes of at least 4 members (excludes halogenated alkanes) is 1. The standard InChI is InChI=1S/C17H24O3S/c1-5-7-13-17(12-6-2)20-16(3,4)14-10-8-9-11-15(14)21(17,18)19/h6,8-11H,2,5,7,12-13H2,1,3-4H3. The molecule has 21 heavy (non-hydrogen) atoms. The summed E-state index contributed by atoms with van der Waals surface area (Å²) in [4.78, 5) is -0.790. The first-order chi connectivity index (χ1) is 9.81. The lowest BCUT2D eigenvalue weighted by atomic mass is 9.96. The van der Waals surface area contributed by atoms with Crippen LogP contribution in [0.5, 0.6) is 0 Å². The van der Waals surface area contributed by atoms with Crippen molar-refractivity contribution in [2.45, 2.75) is 61.9 Å². The molecule has 2 rings (SSSR count). The molecule has 0 amide bonds. The van der Waals surface area contributed by atoms with Crippen LogP contribution in [-0.2, 0) is 20.2 Å². The van der Waals surface area contributed by atoms with Crippen LogP contribution in [0.15, 0.2) is 41.8 Å². The maximum absolute atomic E-state index is 13.1. The molecule has 0 saturated heterocycles. The van der Waals surface area contributed by atoms with E-state index in [0.717, 1.165) is 18.4 Å².